The number of rotatable bonds is 4. The van der Waals surface area contributed by atoms with Gasteiger partial charge in [-0.2, -0.15) is 0 Å². The number of carboxylic acids is 1. The smallest absolute Gasteiger partial charge is 0.326 e. The summed E-state index contributed by atoms with van der Waals surface area (Å²) >= 11 is 0. The quantitative estimate of drug-likeness (QED) is 0.918. The molecule has 0 unspecified atom stereocenters. The summed E-state index contributed by atoms with van der Waals surface area (Å²) in [6, 6.07) is 7.03. The van der Waals surface area contributed by atoms with E-state index >= 15 is 0 Å². The van der Waals surface area contributed by atoms with Crippen LogP contribution in [0.15, 0.2) is 24.3 Å². The van der Waals surface area contributed by atoms with Crippen LogP contribution in [0.5, 0.6) is 0 Å². The molecule has 20 heavy (non-hydrogen) atoms. The van der Waals surface area contributed by atoms with Gasteiger partial charge in [-0.3, -0.25) is 4.79 Å². The van der Waals surface area contributed by atoms with Gasteiger partial charge in [0.2, 0.25) is 5.91 Å². The van der Waals surface area contributed by atoms with E-state index in [1.807, 2.05) is 38.1 Å². The molecule has 4 heteroatoms. The van der Waals surface area contributed by atoms with Gasteiger partial charge < -0.3 is 10.0 Å². The normalized spacial score (nSPS) is 17.9. The molecule has 1 N–H and O–H groups in total. The maximum Gasteiger partial charge on any atom is 0.326 e. The van der Waals surface area contributed by atoms with Gasteiger partial charge in [0.05, 0.1) is 0 Å². The molecule has 1 aromatic rings. The molecule has 0 saturated heterocycles. The lowest BCUT2D eigenvalue weighted by Crippen LogP contribution is -2.50. The molecular formula is C16H21NO3. The largest absolute Gasteiger partial charge is 0.480 e. The van der Waals surface area contributed by atoms with E-state index in [2.05, 4.69) is 0 Å². The highest BCUT2D eigenvalue weighted by molar-refractivity contribution is 5.85. The first kappa shape index (κ1) is 14.6. The van der Waals surface area contributed by atoms with Crippen LogP contribution in [0.2, 0.25) is 0 Å². The molecule has 0 fully saturated rings. The standard InChI is InChI=1S/C16H21NO3/c1-3-11(4-2)15(18)17-10-13-8-6-5-7-12(13)9-14(17)16(19)20/h5-8,11,14H,3-4,9-10H2,1-2H3,(H,19,20)/t14-/m0/s1. The van der Waals surface area contributed by atoms with Gasteiger partial charge in [0.15, 0.2) is 0 Å². The topological polar surface area (TPSA) is 57.6 Å². The number of aliphatic carboxylic acids is 1. The maximum atomic E-state index is 12.5. The van der Waals surface area contributed by atoms with E-state index in [-0.39, 0.29) is 11.8 Å². The molecular weight excluding hydrogens is 254 g/mol. The van der Waals surface area contributed by atoms with Crippen molar-refractivity contribution in [1.29, 1.82) is 0 Å². The zero-order valence-corrected chi connectivity index (χ0v) is 12.0. The highest BCUT2D eigenvalue weighted by atomic mass is 16.4. The summed E-state index contributed by atoms with van der Waals surface area (Å²) in [5.41, 5.74) is 2.10. The van der Waals surface area contributed by atoms with Crippen molar-refractivity contribution in [3.05, 3.63) is 35.4 Å². The van der Waals surface area contributed by atoms with Crippen LogP contribution in [0.25, 0.3) is 0 Å². The summed E-state index contributed by atoms with van der Waals surface area (Å²) in [4.78, 5) is 25.6. The number of fused-ring (bicyclic) bond motifs is 1. The summed E-state index contributed by atoms with van der Waals surface area (Å²) in [5, 5.41) is 9.42. The van der Waals surface area contributed by atoms with Gasteiger partial charge in [-0.05, 0) is 24.0 Å². The Kier molecular flexibility index (Phi) is 4.42. The van der Waals surface area contributed by atoms with Gasteiger partial charge in [0.1, 0.15) is 6.04 Å². The van der Waals surface area contributed by atoms with Crippen molar-refractivity contribution in [2.75, 3.05) is 0 Å². The molecule has 0 radical (unpaired) electrons. The molecule has 1 amide bonds. The molecule has 0 aliphatic carbocycles. The van der Waals surface area contributed by atoms with Crippen molar-refractivity contribution in [2.45, 2.75) is 45.7 Å². The van der Waals surface area contributed by atoms with Gasteiger partial charge in [0.25, 0.3) is 0 Å². The van der Waals surface area contributed by atoms with Crippen LogP contribution in [-0.4, -0.2) is 27.9 Å². The van der Waals surface area contributed by atoms with Crippen LogP contribution < -0.4 is 0 Å². The third-order valence-electron chi connectivity index (χ3n) is 4.15. The van der Waals surface area contributed by atoms with Gasteiger partial charge in [-0.1, -0.05) is 38.1 Å². The molecule has 1 heterocycles. The van der Waals surface area contributed by atoms with Crippen LogP contribution in [0.4, 0.5) is 0 Å². The summed E-state index contributed by atoms with van der Waals surface area (Å²) in [5.74, 6) is -1.03. The number of carbonyl (C=O) groups is 2. The van der Waals surface area contributed by atoms with Crippen LogP contribution in [0, 0.1) is 5.92 Å². The number of carboxylic acid groups (broad SMARTS) is 1. The Balaban J connectivity index is 2.31. The lowest BCUT2D eigenvalue weighted by Gasteiger charge is -2.36. The van der Waals surface area contributed by atoms with Gasteiger partial charge in [-0.15, -0.1) is 0 Å². The highest BCUT2D eigenvalue weighted by Gasteiger charge is 2.36. The molecule has 1 aromatic carbocycles. The van der Waals surface area contributed by atoms with Crippen molar-refractivity contribution < 1.29 is 14.7 Å². The van der Waals surface area contributed by atoms with Crippen molar-refractivity contribution in [1.82, 2.24) is 4.90 Å². The molecule has 0 bridgehead atoms. The monoisotopic (exact) mass is 275 g/mol. The fourth-order valence-electron chi connectivity index (χ4n) is 2.85. The Morgan fingerprint density at radius 3 is 2.40 bits per heavy atom. The maximum absolute atomic E-state index is 12.5. The second kappa shape index (κ2) is 6.07. The number of benzene rings is 1. The number of nitrogens with zero attached hydrogens (tertiary/aromatic N) is 1. The van der Waals surface area contributed by atoms with Crippen LogP contribution in [0.3, 0.4) is 0 Å². The molecule has 0 saturated carbocycles. The Morgan fingerprint density at radius 1 is 1.25 bits per heavy atom. The predicted molar refractivity (Wildman–Crippen MR) is 76.2 cm³/mol. The molecule has 1 aliphatic heterocycles. The van der Waals surface area contributed by atoms with Crippen LogP contribution >= 0.6 is 0 Å². The molecule has 0 aromatic heterocycles. The lowest BCUT2D eigenvalue weighted by molar-refractivity contribution is -0.153. The highest BCUT2D eigenvalue weighted by Crippen LogP contribution is 2.26. The SMILES string of the molecule is CCC(CC)C(=O)N1Cc2ccccc2C[C@H]1C(=O)O. The minimum Gasteiger partial charge on any atom is -0.480 e. The average molecular weight is 275 g/mol. The molecule has 108 valence electrons. The van der Waals surface area contributed by atoms with E-state index in [4.69, 9.17) is 0 Å². The van der Waals surface area contributed by atoms with E-state index in [1.165, 1.54) is 0 Å². The fourth-order valence-corrected chi connectivity index (χ4v) is 2.85. The Labute approximate surface area is 119 Å². The molecule has 0 spiro atoms. The first-order valence-electron chi connectivity index (χ1n) is 7.18. The lowest BCUT2D eigenvalue weighted by atomic mass is 9.91. The van der Waals surface area contributed by atoms with Crippen LogP contribution in [-0.2, 0) is 22.6 Å². The Bertz CT molecular complexity index is 508. The number of carbonyl (C=O) groups excluding carboxylic acids is 1. The van der Waals surface area contributed by atoms with Crippen molar-refractivity contribution >= 4 is 11.9 Å². The fraction of sp³-hybridized carbons (Fsp3) is 0.500. The van der Waals surface area contributed by atoms with E-state index in [0.29, 0.717) is 13.0 Å². The Morgan fingerprint density at radius 2 is 1.85 bits per heavy atom. The number of hydrogen-bond donors (Lipinski definition) is 1. The second-order valence-corrected chi connectivity index (χ2v) is 5.31. The van der Waals surface area contributed by atoms with Gasteiger partial charge in [0, 0.05) is 18.9 Å². The summed E-state index contributed by atoms with van der Waals surface area (Å²) < 4.78 is 0. The summed E-state index contributed by atoms with van der Waals surface area (Å²) in [7, 11) is 0. The number of hydrogen-bond acceptors (Lipinski definition) is 2. The molecule has 1 atom stereocenters. The second-order valence-electron chi connectivity index (χ2n) is 5.31. The predicted octanol–water partition coefficient (Wildman–Crippen LogP) is 2.46. The number of amides is 1. The summed E-state index contributed by atoms with van der Waals surface area (Å²) in [6.45, 7) is 4.35. The van der Waals surface area contributed by atoms with Crippen molar-refractivity contribution in [3.8, 4) is 0 Å². The first-order valence-corrected chi connectivity index (χ1v) is 7.18. The Hall–Kier alpha value is -1.84. The molecule has 4 nitrogen and oxygen atoms in total. The molecule has 1 aliphatic rings. The van der Waals surface area contributed by atoms with Crippen LogP contribution in [0.1, 0.15) is 37.8 Å². The van der Waals surface area contributed by atoms with E-state index in [1.54, 1.807) is 4.90 Å². The first-order chi connectivity index (χ1) is 9.58. The van der Waals surface area contributed by atoms with E-state index in [0.717, 1.165) is 24.0 Å². The zero-order chi connectivity index (χ0) is 14.7. The zero-order valence-electron chi connectivity index (χ0n) is 12.0. The minimum absolute atomic E-state index is 0.0306. The van der Waals surface area contributed by atoms with Gasteiger partial charge >= 0.3 is 5.97 Å². The third kappa shape index (κ3) is 2.69. The van der Waals surface area contributed by atoms with Crippen molar-refractivity contribution in [3.63, 3.8) is 0 Å². The molecule has 2 rings (SSSR count). The minimum atomic E-state index is -0.918. The van der Waals surface area contributed by atoms with Crippen molar-refractivity contribution in [2.24, 2.45) is 5.92 Å². The third-order valence-corrected chi connectivity index (χ3v) is 4.15. The summed E-state index contributed by atoms with van der Waals surface area (Å²) in [6.07, 6.45) is 1.90. The van der Waals surface area contributed by atoms with E-state index in [9.17, 15) is 14.7 Å². The van der Waals surface area contributed by atoms with E-state index < -0.39 is 12.0 Å². The average Bonchev–Trinajstić information content (AvgIpc) is 2.46. The van der Waals surface area contributed by atoms with Gasteiger partial charge in [-0.25, -0.2) is 4.79 Å².